The fourth-order valence-corrected chi connectivity index (χ4v) is 0.942. The molecular weight excluding hydrogens is 164 g/mol. The van der Waals surface area contributed by atoms with E-state index in [0.29, 0.717) is 0 Å². The molecule has 0 bridgehead atoms. The number of unbranched alkanes of at least 4 members (excludes halogenated alkanes) is 4. The number of rotatable bonds is 6. The minimum Gasteiger partial charge on any atom is -0.465 e. The largest absolute Gasteiger partial charge is 0.465 e. The molecule has 0 aromatic rings. The van der Waals surface area contributed by atoms with E-state index in [1.54, 1.807) is 0 Å². The summed E-state index contributed by atoms with van der Waals surface area (Å²) < 4.78 is 4.42. The van der Waals surface area contributed by atoms with Crippen LogP contribution in [0.5, 0.6) is 0 Å². The van der Waals surface area contributed by atoms with Gasteiger partial charge in [-0.3, -0.25) is 0 Å². The molecule has 0 aromatic heterocycles. The lowest BCUT2D eigenvalue weighted by Crippen LogP contribution is -1.92. The van der Waals surface area contributed by atoms with Gasteiger partial charge in [-0.15, -0.1) is 5.73 Å². The van der Waals surface area contributed by atoms with Gasteiger partial charge in [0.25, 0.3) is 0 Å². The lowest BCUT2D eigenvalue weighted by molar-refractivity contribution is -0.134. The Balaban J connectivity index is 3.40. The van der Waals surface area contributed by atoms with Crippen LogP contribution < -0.4 is 0 Å². The molecule has 0 saturated carbocycles. The van der Waals surface area contributed by atoms with Crippen molar-refractivity contribution in [3.63, 3.8) is 0 Å². The van der Waals surface area contributed by atoms with Crippen molar-refractivity contribution in [2.24, 2.45) is 0 Å². The Morgan fingerprint density at radius 1 is 1.38 bits per heavy atom. The molecule has 0 rings (SSSR count). The minimum absolute atomic E-state index is 0.343. The molecule has 2 heteroatoms. The van der Waals surface area contributed by atoms with Crippen LogP contribution in [0.1, 0.15) is 39.0 Å². The molecule has 0 unspecified atom stereocenters. The number of carbonyl (C=O) groups is 1. The van der Waals surface area contributed by atoms with E-state index in [-0.39, 0.29) is 5.97 Å². The maximum absolute atomic E-state index is 10.6. The van der Waals surface area contributed by atoms with Gasteiger partial charge in [0.2, 0.25) is 0 Å². The summed E-state index contributed by atoms with van der Waals surface area (Å²) in [5.41, 5.74) is 2.79. The first-order valence-corrected chi connectivity index (χ1v) is 4.80. The molecule has 0 radical (unpaired) electrons. The summed E-state index contributed by atoms with van der Waals surface area (Å²) in [4.78, 5) is 10.6. The van der Waals surface area contributed by atoms with Gasteiger partial charge in [-0.1, -0.05) is 26.2 Å². The van der Waals surface area contributed by atoms with Gasteiger partial charge in [0.05, 0.1) is 13.2 Å². The van der Waals surface area contributed by atoms with Crippen LogP contribution >= 0.6 is 0 Å². The zero-order chi connectivity index (χ0) is 9.94. The van der Waals surface area contributed by atoms with E-state index >= 15 is 0 Å². The summed E-state index contributed by atoms with van der Waals surface area (Å²) in [5, 5.41) is 0. The number of methoxy groups -OCH3 is 1. The Kier molecular flexibility index (Phi) is 8.38. The van der Waals surface area contributed by atoms with Gasteiger partial charge >= 0.3 is 5.97 Å². The van der Waals surface area contributed by atoms with Gasteiger partial charge in [0.1, 0.15) is 0 Å². The Morgan fingerprint density at radius 3 is 2.77 bits per heavy atom. The van der Waals surface area contributed by atoms with Crippen molar-refractivity contribution in [2.45, 2.75) is 39.0 Å². The predicted molar refractivity (Wildman–Crippen MR) is 53.4 cm³/mol. The Morgan fingerprint density at radius 2 is 2.15 bits per heavy atom. The highest BCUT2D eigenvalue weighted by atomic mass is 16.5. The molecule has 0 N–H and O–H groups in total. The number of esters is 1. The van der Waals surface area contributed by atoms with Crippen LogP contribution in [0.15, 0.2) is 17.9 Å². The maximum atomic E-state index is 10.6. The van der Waals surface area contributed by atoms with Crippen molar-refractivity contribution in [2.75, 3.05) is 7.11 Å². The second-order valence-corrected chi connectivity index (χ2v) is 2.89. The number of hydrogen-bond acceptors (Lipinski definition) is 2. The molecule has 0 spiro atoms. The van der Waals surface area contributed by atoms with E-state index in [0.717, 1.165) is 6.42 Å². The molecule has 0 amide bonds. The highest BCUT2D eigenvalue weighted by Crippen LogP contribution is 2.02. The third kappa shape index (κ3) is 8.90. The lowest BCUT2D eigenvalue weighted by Gasteiger charge is -1.92. The van der Waals surface area contributed by atoms with E-state index in [1.807, 2.05) is 6.08 Å². The van der Waals surface area contributed by atoms with Crippen LogP contribution in [0, 0.1) is 0 Å². The van der Waals surface area contributed by atoms with Gasteiger partial charge in [-0.05, 0) is 18.9 Å². The van der Waals surface area contributed by atoms with E-state index in [4.69, 9.17) is 0 Å². The van der Waals surface area contributed by atoms with Gasteiger partial charge in [-0.25, -0.2) is 4.79 Å². The predicted octanol–water partition coefficient (Wildman–Crippen LogP) is 2.84. The molecule has 0 heterocycles. The lowest BCUT2D eigenvalue weighted by atomic mass is 10.1. The standard InChI is InChI=1S/C11H18O2/c1-3-4-5-6-7-8-9-10-11(12)13-2/h8,10H,3-7H2,1-2H3. The van der Waals surface area contributed by atoms with E-state index in [1.165, 1.54) is 38.9 Å². The molecule has 0 aliphatic heterocycles. The average Bonchev–Trinajstić information content (AvgIpc) is 2.16. The Labute approximate surface area is 80.3 Å². The first-order valence-electron chi connectivity index (χ1n) is 4.80. The topological polar surface area (TPSA) is 26.3 Å². The fourth-order valence-electron chi connectivity index (χ4n) is 0.942. The number of carbonyl (C=O) groups excluding carboxylic acids is 1. The van der Waals surface area contributed by atoms with Gasteiger partial charge in [-0.2, -0.15) is 0 Å². The smallest absolute Gasteiger partial charge is 0.338 e. The average molecular weight is 182 g/mol. The summed E-state index contributed by atoms with van der Waals surface area (Å²) in [6, 6.07) is 0. The van der Waals surface area contributed by atoms with Crippen molar-refractivity contribution in [1.82, 2.24) is 0 Å². The first kappa shape index (κ1) is 12.0. The van der Waals surface area contributed by atoms with Crippen molar-refractivity contribution in [1.29, 1.82) is 0 Å². The highest BCUT2D eigenvalue weighted by Gasteiger charge is 1.86. The van der Waals surface area contributed by atoms with E-state index < -0.39 is 0 Å². The van der Waals surface area contributed by atoms with Crippen LogP contribution in [0.2, 0.25) is 0 Å². The highest BCUT2D eigenvalue weighted by molar-refractivity contribution is 5.81. The number of ether oxygens (including phenoxy) is 1. The molecule has 2 nitrogen and oxygen atoms in total. The van der Waals surface area contributed by atoms with Gasteiger partial charge in [0, 0.05) is 0 Å². The van der Waals surface area contributed by atoms with E-state index in [9.17, 15) is 4.79 Å². The Bertz CT molecular complexity index is 188. The minimum atomic E-state index is -0.343. The van der Waals surface area contributed by atoms with Crippen molar-refractivity contribution < 1.29 is 9.53 Å². The number of hydrogen-bond donors (Lipinski definition) is 0. The summed E-state index contributed by atoms with van der Waals surface area (Å²) in [7, 11) is 1.36. The summed E-state index contributed by atoms with van der Waals surface area (Å²) in [6.45, 7) is 2.19. The molecule has 0 fully saturated rings. The molecule has 0 saturated heterocycles. The first-order chi connectivity index (χ1) is 6.31. The molecule has 13 heavy (non-hydrogen) atoms. The third-order valence-corrected chi connectivity index (χ3v) is 1.72. The normalized spacial score (nSPS) is 8.77. The summed E-state index contributed by atoms with van der Waals surface area (Å²) >= 11 is 0. The summed E-state index contributed by atoms with van der Waals surface area (Å²) in [5.74, 6) is -0.343. The SMILES string of the molecule is CCCCCCC=C=CC(=O)OC. The molecule has 0 aliphatic rings. The van der Waals surface area contributed by atoms with Crippen LogP contribution in [0.25, 0.3) is 0 Å². The van der Waals surface area contributed by atoms with Gasteiger partial charge in [0.15, 0.2) is 0 Å². The van der Waals surface area contributed by atoms with Crippen LogP contribution in [-0.2, 0) is 9.53 Å². The zero-order valence-electron chi connectivity index (χ0n) is 8.51. The quantitative estimate of drug-likeness (QED) is 0.273. The molecule has 0 aliphatic carbocycles. The van der Waals surface area contributed by atoms with E-state index in [2.05, 4.69) is 17.4 Å². The van der Waals surface area contributed by atoms with Crippen LogP contribution in [-0.4, -0.2) is 13.1 Å². The monoisotopic (exact) mass is 182 g/mol. The fraction of sp³-hybridized carbons (Fsp3) is 0.636. The second-order valence-electron chi connectivity index (χ2n) is 2.89. The Hall–Kier alpha value is -1.01. The van der Waals surface area contributed by atoms with Gasteiger partial charge < -0.3 is 4.74 Å². The molecule has 74 valence electrons. The molecular formula is C11H18O2. The van der Waals surface area contributed by atoms with Crippen molar-refractivity contribution in [3.05, 3.63) is 17.9 Å². The third-order valence-electron chi connectivity index (χ3n) is 1.72. The van der Waals surface area contributed by atoms with Crippen LogP contribution in [0.4, 0.5) is 0 Å². The van der Waals surface area contributed by atoms with Crippen molar-refractivity contribution in [3.8, 4) is 0 Å². The molecule has 0 atom stereocenters. The zero-order valence-corrected chi connectivity index (χ0v) is 8.51. The van der Waals surface area contributed by atoms with Crippen LogP contribution in [0.3, 0.4) is 0 Å². The maximum Gasteiger partial charge on any atom is 0.338 e. The second kappa shape index (κ2) is 9.08. The van der Waals surface area contributed by atoms with Crippen molar-refractivity contribution >= 4 is 5.97 Å². The molecule has 0 aromatic carbocycles. The summed E-state index contributed by atoms with van der Waals surface area (Å²) in [6.07, 6.45) is 9.17.